The van der Waals surface area contributed by atoms with E-state index in [4.69, 9.17) is 4.74 Å². The van der Waals surface area contributed by atoms with Crippen LogP contribution in [0.1, 0.15) is 0 Å². The normalized spacial score (nSPS) is 15.2. The Hall–Kier alpha value is -0.750. The Morgan fingerprint density at radius 2 is 2.12 bits per heavy atom. The number of hydrogen-bond donors (Lipinski definition) is 1. The third-order valence-electron chi connectivity index (χ3n) is 2.37. The highest BCUT2D eigenvalue weighted by Gasteiger charge is 2.24. The molecule has 0 aliphatic carbocycles. The molecule has 16 heavy (non-hydrogen) atoms. The fourth-order valence-corrected chi connectivity index (χ4v) is 2.95. The summed E-state index contributed by atoms with van der Waals surface area (Å²) in [5, 5.41) is 2.76. The Bertz CT molecular complexity index is 437. The first-order valence-corrected chi connectivity index (χ1v) is 6.30. The average molecular weight is 350 g/mol. The van der Waals surface area contributed by atoms with E-state index in [1.807, 2.05) is 12.1 Å². The summed E-state index contributed by atoms with van der Waals surface area (Å²) in [7, 11) is 1.60. The second-order valence-corrected chi connectivity index (χ2v) is 5.03. The molecular weight excluding hydrogens is 340 g/mol. The molecule has 0 atom stereocenters. The van der Waals surface area contributed by atoms with Crippen LogP contribution in [0.15, 0.2) is 21.1 Å². The van der Waals surface area contributed by atoms with Crippen molar-refractivity contribution in [3.05, 3.63) is 21.1 Å². The number of nitrogens with zero attached hydrogens (tertiary/aromatic N) is 1. The predicted octanol–water partition coefficient (Wildman–Crippen LogP) is 2.75. The number of hydrogen-bond acceptors (Lipinski definition) is 2. The maximum atomic E-state index is 11.6. The number of ether oxygens (including phenoxy) is 1. The molecule has 0 spiro atoms. The maximum Gasteiger partial charge on any atom is 0.322 e. The van der Waals surface area contributed by atoms with Crippen LogP contribution >= 0.6 is 31.9 Å². The lowest BCUT2D eigenvalue weighted by molar-refractivity contribution is 0.252. The Kier molecular flexibility index (Phi) is 3.39. The van der Waals surface area contributed by atoms with Gasteiger partial charge in [0.25, 0.3) is 0 Å². The first kappa shape index (κ1) is 11.7. The van der Waals surface area contributed by atoms with Crippen molar-refractivity contribution in [2.45, 2.75) is 0 Å². The van der Waals surface area contributed by atoms with E-state index in [0.717, 1.165) is 14.6 Å². The topological polar surface area (TPSA) is 41.6 Å². The molecule has 86 valence electrons. The third-order valence-corrected chi connectivity index (χ3v) is 3.62. The van der Waals surface area contributed by atoms with Gasteiger partial charge in [-0.15, -0.1) is 0 Å². The standard InChI is InChI=1S/C10H10Br2N2O2/c1-16-9-5-8(6(11)4-7(9)12)14-3-2-13-10(14)15/h4-5H,2-3H2,1H3,(H,13,15). The van der Waals surface area contributed by atoms with E-state index in [0.29, 0.717) is 18.8 Å². The fraction of sp³-hybridized carbons (Fsp3) is 0.300. The summed E-state index contributed by atoms with van der Waals surface area (Å²) in [5.74, 6) is 0.706. The third kappa shape index (κ3) is 2.04. The molecular formula is C10H10Br2N2O2. The van der Waals surface area contributed by atoms with E-state index >= 15 is 0 Å². The molecule has 1 aromatic rings. The molecule has 2 amide bonds. The van der Waals surface area contributed by atoms with Crippen LogP contribution in [-0.4, -0.2) is 26.2 Å². The number of anilines is 1. The first-order chi connectivity index (χ1) is 7.63. The van der Waals surface area contributed by atoms with Crippen molar-refractivity contribution in [1.82, 2.24) is 5.32 Å². The molecule has 0 aromatic heterocycles. The number of amides is 2. The van der Waals surface area contributed by atoms with Crippen molar-refractivity contribution in [3.63, 3.8) is 0 Å². The lowest BCUT2D eigenvalue weighted by Crippen LogP contribution is -2.27. The quantitative estimate of drug-likeness (QED) is 0.891. The van der Waals surface area contributed by atoms with Crippen LogP contribution in [0.2, 0.25) is 0 Å². The fourth-order valence-electron chi connectivity index (χ4n) is 1.58. The van der Waals surface area contributed by atoms with Crippen molar-refractivity contribution in [2.24, 2.45) is 0 Å². The highest BCUT2D eigenvalue weighted by molar-refractivity contribution is 9.11. The Labute approximate surface area is 110 Å². The number of urea groups is 1. The zero-order valence-electron chi connectivity index (χ0n) is 8.59. The van der Waals surface area contributed by atoms with Crippen molar-refractivity contribution >= 4 is 43.6 Å². The SMILES string of the molecule is COc1cc(N2CCNC2=O)c(Br)cc1Br. The molecule has 2 rings (SSSR count). The zero-order valence-corrected chi connectivity index (χ0v) is 11.8. The Morgan fingerprint density at radius 3 is 2.69 bits per heavy atom. The summed E-state index contributed by atoms with van der Waals surface area (Å²) in [5.41, 5.74) is 0.815. The second kappa shape index (κ2) is 4.63. The summed E-state index contributed by atoms with van der Waals surface area (Å²) >= 11 is 6.83. The van der Waals surface area contributed by atoms with Gasteiger partial charge in [-0.25, -0.2) is 4.79 Å². The summed E-state index contributed by atoms with van der Waals surface area (Å²) < 4.78 is 6.92. The van der Waals surface area contributed by atoms with Gasteiger partial charge in [-0.05, 0) is 37.9 Å². The van der Waals surface area contributed by atoms with Crippen molar-refractivity contribution < 1.29 is 9.53 Å². The van der Waals surface area contributed by atoms with Gasteiger partial charge < -0.3 is 10.1 Å². The summed E-state index contributed by atoms with van der Waals surface area (Å²) in [4.78, 5) is 13.2. The molecule has 4 nitrogen and oxygen atoms in total. The lowest BCUT2D eigenvalue weighted by atomic mass is 10.3. The smallest absolute Gasteiger partial charge is 0.322 e. The molecule has 1 aliphatic rings. The summed E-state index contributed by atoms with van der Waals surface area (Å²) in [6, 6.07) is 3.63. The molecule has 1 aromatic carbocycles. The van der Waals surface area contributed by atoms with Crippen LogP contribution in [0.5, 0.6) is 5.75 Å². The molecule has 1 aliphatic heterocycles. The number of rotatable bonds is 2. The van der Waals surface area contributed by atoms with E-state index in [1.54, 1.807) is 12.0 Å². The van der Waals surface area contributed by atoms with Gasteiger partial charge in [0.1, 0.15) is 5.75 Å². The Morgan fingerprint density at radius 1 is 1.38 bits per heavy atom. The van der Waals surface area contributed by atoms with E-state index < -0.39 is 0 Å². The van der Waals surface area contributed by atoms with Crippen molar-refractivity contribution in [3.8, 4) is 5.75 Å². The van der Waals surface area contributed by atoms with Gasteiger partial charge in [-0.1, -0.05) is 0 Å². The summed E-state index contributed by atoms with van der Waals surface area (Å²) in [6.45, 7) is 1.34. The molecule has 0 saturated carbocycles. The van der Waals surface area contributed by atoms with E-state index in [1.165, 1.54) is 0 Å². The monoisotopic (exact) mass is 348 g/mol. The average Bonchev–Trinajstić information content (AvgIpc) is 2.65. The summed E-state index contributed by atoms with van der Waals surface area (Å²) in [6.07, 6.45) is 0. The molecule has 1 heterocycles. The second-order valence-electron chi connectivity index (χ2n) is 3.32. The number of methoxy groups -OCH3 is 1. The highest BCUT2D eigenvalue weighted by Crippen LogP contribution is 2.36. The van der Waals surface area contributed by atoms with Crippen LogP contribution in [0.25, 0.3) is 0 Å². The van der Waals surface area contributed by atoms with Crippen LogP contribution in [0.3, 0.4) is 0 Å². The lowest BCUT2D eigenvalue weighted by Gasteiger charge is -2.17. The van der Waals surface area contributed by atoms with E-state index in [2.05, 4.69) is 37.2 Å². The minimum Gasteiger partial charge on any atom is -0.495 e. The number of halogens is 2. The molecule has 1 fully saturated rings. The van der Waals surface area contributed by atoms with Crippen molar-refractivity contribution in [2.75, 3.05) is 25.1 Å². The van der Waals surface area contributed by atoms with Gasteiger partial charge in [0.15, 0.2) is 0 Å². The van der Waals surface area contributed by atoms with Crippen LogP contribution in [0, 0.1) is 0 Å². The highest BCUT2D eigenvalue weighted by atomic mass is 79.9. The van der Waals surface area contributed by atoms with Gasteiger partial charge in [-0.3, -0.25) is 4.90 Å². The first-order valence-electron chi connectivity index (χ1n) is 4.72. The van der Waals surface area contributed by atoms with Gasteiger partial charge >= 0.3 is 6.03 Å². The maximum absolute atomic E-state index is 11.6. The minimum absolute atomic E-state index is 0.0786. The molecule has 0 bridgehead atoms. The van der Waals surface area contributed by atoms with Gasteiger partial charge in [-0.2, -0.15) is 0 Å². The van der Waals surface area contributed by atoms with Gasteiger partial charge in [0.05, 0.1) is 17.3 Å². The number of nitrogens with one attached hydrogen (secondary N) is 1. The van der Waals surface area contributed by atoms with Gasteiger partial charge in [0, 0.05) is 23.6 Å². The molecule has 0 unspecified atom stereocenters. The predicted molar refractivity (Wildman–Crippen MR) is 69.1 cm³/mol. The minimum atomic E-state index is -0.0786. The van der Waals surface area contributed by atoms with Crippen LogP contribution in [0.4, 0.5) is 10.5 Å². The van der Waals surface area contributed by atoms with Crippen molar-refractivity contribution in [1.29, 1.82) is 0 Å². The number of carbonyl (C=O) groups is 1. The number of carbonyl (C=O) groups excluding carboxylic acids is 1. The Balaban J connectivity index is 2.43. The van der Waals surface area contributed by atoms with E-state index in [9.17, 15) is 4.79 Å². The largest absolute Gasteiger partial charge is 0.495 e. The van der Waals surface area contributed by atoms with Crippen LogP contribution in [-0.2, 0) is 0 Å². The molecule has 1 saturated heterocycles. The van der Waals surface area contributed by atoms with E-state index in [-0.39, 0.29) is 6.03 Å². The number of benzene rings is 1. The van der Waals surface area contributed by atoms with Crippen LogP contribution < -0.4 is 15.0 Å². The zero-order chi connectivity index (χ0) is 11.7. The van der Waals surface area contributed by atoms with Gasteiger partial charge in [0.2, 0.25) is 0 Å². The molecule has 6 heteroatoms. The molecule has 0 radical (unpaired) electrons. The molecule has 1 N–H and O–H groups in total.